The van der Waals surface area contributed by atoms with Crippen LogP contribution in [0, 0.1) is 0 Å². The summed E-state index contributed by atoms with van der Waals surface area (Å²) in [6.07, 6.45) is 4.95. The number of ether oxygens (including phenoxy) is 1. The smallest absolute Gasteiger partial charge is 0.348 e. The number of carbonyl (C=O) groups is 1. The molecule has 6 heteroatoms. The monoisotopic (exact) mass is 350 g/mol. The number of thiophene rings is 1. The van der Waals surface area contributed by atoms with Crippen LogP contribution in [0.5, 0.6) is 0 Å². The SMILES string of the molecule is CCCSc1sc(C(=O)OCC)c2c1-c1c(cnn1CC)CC2. The molecule has 0 aliphatic heterocycles. The van der Waals surface area contributed by atoms with Gasteiger partial charge in [0.1, 0.15) is 4.88 Å². The quantitative estimate of drug-likeness (QED) is 0.572. The molecule has 1 aliphatic carbocycles. The zero-order chi connectivity index (χ0) is 16.4. The fraction of sp³-hybridized carbons (Fsp3) is 0.529. The molecule has 1 aliphatic rings. The van der Waals surface area contributed by atoms with Crippen molar-refractivity contribution in [3.05, 3.63) is 22.2 Å². The van der Waals surface area contributed by atoms with Gasteiger partial charge in [-0.05, 0) is 50.0 Å². The Kier molecular flexibility index (Phi) is 5.11. The highest BCUT2D eigenvalue weighted by atomic mass is 32.2. The normalized spacial score (nSPS) is 12.8. The fourth-order valence-corrected chi connectivity index (χ4v) is 5.44. The van der Waals surface area contributed by atoms with E-state index < -0.39 is 0 Å². The Morgan fingerprint density at radius 2 is 2.22 bits per heavy atom. The highest BCUT2D eigenvalue weighted by molar-refractivity contribution is 8.01. The molecule has 2 heterocycles. The molecule has 0 bridgehead atoms. The number of carbonyl (C=O) groups excluding carboxylic acids is 1. The van der Waals surface area contributed by atoms with Crippen molar-refractivity contribution in [3.63, 3.8) is 0 Å². The fourth-order valence-electron chi connectivity index (χ4n) is 2.97. The molecule has 0 amide bonds. The van der Waals surface area contributed by atoms with E-state index >= 15 is 0 Å². The van der Waals surface area contributed by atoms with Gasteiger partial charge in [-0.3, -0.25) is 4.68 Å². The lowest BCUT2D eigenvalue weighted by Crippen LogP contribution is -2.10. The van der Waals surface area contributed by atoms with Gasteiger partial charge in [0, 0.05) is 12.1 Å². The van der Waals surface area contributed by atoms with Crippen molar-refractivity contribution in [1.82, 2.24) is 9.78 Å². The van der Waals surface area contributed by atoms with Gasteiger partial charge in [-0.25, -0.2) is 4.79 Å². The van der Waals surface area contributed by atoms with Gasteiger partial charge in [0.15, 0.2) is 0 Å². The van der Waals surface area contributed by atoms with Crippen LogP contribution < -0.4 is 0 Å². The lowest BCUT2D eigenvalue weighted by molar-refractivity contribution is 0.0531. The number of hydrogen-bond acceptors (Lipinski definition) is 5. The van der Waals surface area contributed by atoms with Gasteiger partial charge in [0.05, 0.1) is 22.7 Å². The average Bonchev–Trinajstić information content (AvgIpc) is 3.13. The third kappa shape index (κ3) is 2.94. The molecule has 0 unspecified atom stereocenters. The highest BCUT2D eigenvalue weighted by Gasteiger charge is 2.31. The Labute approximate surface area is 145 Å². The van der Waals surface area contributed by atoms with Crippen molar-refractivity contribution < 1.29 is 9.53 Å². The summed E-state index contributed by atoms with van der Waals surface area (Å²) >= 11 is 3.44. The zero-order valence-electron chi connectivity index (χ0n) is 13.8. The van der Waals surface area contributed by atoms with Crippen molar-refractivity contribution in [1.29, 1.82) is 0 Å². The summed E-state index contributed by atoms with van der Waals surface area (Å²) in [6, 6.07) is 0. The number of fused-ring (bicyclic) bond motifs is 3. The van der Waals surface area contributed by atoms with E-state index in [0.29, 0.717) is 6.61 Å². The van der Waals surface area contributed by atoms with Crippen LogP contribution in [0.1, 0.15) is 48.0 Å². The van der Waals surface area contributed by atoms with Gasteiger partial charge in [0.25, 0.3) is 0 Å². The van der Waals surface area contributed by atoms with Gasteiger partial charge in [-0.15, -0.1) is 23.1 Å². The minimum atomic E-state index is -0.178. The van der Waals surface area contributed by atoms with Gasteiger partial charge in [-0.1, -0.05) is 6.92 Å². The number of aryl methyl sites for hydroxylation is 2. The topological polar surface area (TPSA) is 44.1 Å². The Hall–Kier alpha value is -1.27. The van der Waals surface area contributed by atoms with Crippen molar-refractivity contribution >= 4 is 29.1 Å². The predicted molar refractivity (Wildman–Crippen MR) is 95.6 cm³/mol. The highest BCUT2D eigenvalue weighted by Crippen LogP contribution is 2.47. The molecule has 23 heavy (non-hydrogen) atoms. The predicted octanol–water partition coefficient (Wildman–Crippen LogP) is 4.41. The van der Waals surface area contributed by atoms with E-state index in [0.717, 1.165) is 42.0 Å². The molecule has 0 saturated heterocycles. The largest absolute Gasteiger partial charge is 0.462 e. The molecule has 0 aromatic carbocycles. The van der Waals surface area contributed by atoms with Crippen molar-refractivity contribution in [2.75, 3.05) is 12.4 Å². The summed E-state index contributed by atoms with van der Waals surface area (Å²) in [5.41, 5.74) is 4.90. The van der Waals surface area contributed by atoms with Gasteiger partial charge in [-0.2, -0.15) is 5.10 Å². The Bertz CT molecular complexity index is 705. The van der Waals surface area contributed by atoms with E-state index in [9.17, 15) is 4.79 Å². The van der Waals surface area contributed by atoms with Crippen molar-refractivity contribution in [2.45, 2.75) is 50.8 Å². The molecular formula is C17H22N2O2S2. The summed E-state index contributed by atoms with van der Waals surface area (Å²) < 4.78 is 8.58. The lowest BCUT2D eigenvalue weighted by atomic mass is 9.92. The summed E-state index contributed by atoms with van der Waals surface area (Å²) in [7, 11) is 0. The summed E-state index contributed by atoms with van der Waals surface area (Å²) in [5, 5.41) is 4.52. The number of rotatable bonds is 6. The lowest BCUT2D eigenvalue weighted by Gasteiger charge is -2.17. The maximum atomic E-state index is 12.4. The molecule has 124 valence electrons. The van der Waals surface area contributed by atoms with Crippen LogP contribution in [0.25, 0.3) is 11.3 Å². The van der Waals surface area contributed by atoms with E-state index in [1.54, 1.807) is 11.3 Å². The van der Waals surface area contributed by atoms with Gasteiger partial charge in [0.2, 0.25) is 0 Å². The molecular weight excluding hydrogens is 328 g/mol. The van der Waals surface area contributed by atoms with Gasteiger partial charge < -0.3 is 4.74 Å². The first kappa shape index (κ1) is 16.6. The Balaban J connectivity index is 2.14. The summed E-state index contributed by atoms with van der Waals surface area (Å²) in [6.45, 7) is 7.41. The maximum absolute atomic E-state index is 12.4. The van der Waals surface area contributed by atoms with Crippen LogP contribution in [0.4, 0.5) is 0 Å². The number of esters is 1. The number of hydrogen-bond donors (Lipinski definition) is 0. The molecule has 0 fully saturated rings. The summed E-state index contributed by atoms with van der Waals surface area (Å²) in [5.74, 6) is 0.883. The van der Waals surface area contributed by atoms with E-state index in [1.807, 2.05) is 24.9 Å². The average molecular weight is 351 g/mol. The van der Waals surface area contributed by atoms with E-state index in [2.05, 4.69) is 23.6 Å². The molecule has 0 radical (unpaired) electrons. The minimum Gasteiger partial charge on any atom is -0.462 e. The second-order valence-electron chi connectivity index (χ2n) is 5.48. The summed E-state index contributed by atoms with van der Waals surface area (Å²) in [4.78, 5) is 13.2. The first-order valence-electron chi connectivity index (χ1n) is 8.21. The molecule has 3 rings (SSSR count). The van der Waals surface area contributed by atoms with Crippen LogP contribution in [0.3, 0.4) is 0 Å². The number of thioether (sulfide) groups is 1. The van der Waals surface area contributed by atoms with Crippen molar-refractivity contribution in [3.8, 4) is 11.3 Å². The molecule has 2 aromatic rings. The molecule has 4 nitrogen and oxygen atoms in total. The van der Waals surface area contributed by atoms with Crippen molar-refractivity contribution in [2.24, 2.45) is 0 Å². The van der Waals surface area contributed by atoms with Crippen LogP contribution in [-0.2, 0) is 24.1 Å². The second-order valence-corrected chi connectivity index (χ2v) is 7.86. The van der Waals surface area contributed by atoms with Crippen LogP contribution in [0.2, 0.25) is 0 Å². The molecule has 0 spiro atoms. The molecule has 0 atom stereocenters. The van der Waals surface area contributed by atoms with Crippen LogP contribution >= 0.6 is 23.1 Å². The van der Waals surface area contributed by atoms with Crippen LogP contribution in [0.15, 0.2) is 10.4 Å². The molecule has 2 aromatic heterocycles. The van der Waals surface area contributed by atoms with Gasteiger partial charge >= 0.3 is 5.97 Å². The third-order valence-electron chi connectivity index (χ3n) is 3.97. The zero-order valence-corrected chi connectivity index (χ0v) is 15.5. The standard InChI is InChI=1S/C17H22N2O2S2/c1-4-9-22-17-13-12(15(23-17)16(20)21-6-3)8-7-11-10-18-19(5-2)14(11)13/h10H,4-9H2,1-3H3. The van der Waals surface area contributed by atoms with E-state index in [4.69, 9.17) is 4.74 Å². The third-order valence-corrected chi connectivity index (χ3v) is 6.66. The first-order valence-corrected chi connectivity index (χ1v) is 10.0. The Morgan fingerprint density at radius 3 is 2.91 bits per heavy atom. The minimum absolute atomic E-state index is 0.178. The van der Waals surface area contributed by atoms with Crippen LogP contribution in [-0.4, -0.2) is 28.1 Å². The van der Waals surface area contributed by atoms with E-state index in [1.165, 1.54) is 21.0 Å². The van der Waals surface area contributed by atoms with E-state index in [-0.39, 0.29) is 5.97 Å². The molecule has 0 N–H and O–H groups in total. The Morgan fingerprint density at radius 1 is 1.39 bits per heavy atom. The maximum Gasteiger partial charge on any atom is 0.348 e. The first-order chi connectivity index (χ1) is 11.2. The number of nitrogens with zero attached hydrogens (tertiary/aromatic N) is 2. The molecule has 0 saturated carbocycles. The second kappa shape index (κ2) is 7.09. The number of aromatic nitrogens is 2.